The van der Waals surface area contributed by atoms with E-state index in [9.17, 15) is 27.6 Å². The molecule has 2 aliphatic rings. The van der Waals surface area contributed by atoms with Crippen molar-refractivity contribution in [2.45, 2.75) is 24.7 Å². The van der Waals surface area contributed by atoms with Crippen LogP contribution in [0.3, 0.4) is 0 Å². The number of aryl methyl sites for hydroxylation is 1. The number of rotatable bonds is 6. The van der Waals surface area contributed by atoms with Gasteiger partial charge in [0.1, 0.15) is 6.54 Å². The zero-order valence-electron chi connectivity index (χ0n) is 19.3. The summed E-state index contributed by atoms with van der Waals surface area (Å²) >= 11 is 0. The molecule has 35 heavy (non-hydrogen) atoms. The largest absolute Gasteiger partial charge is 0.338 e. The summed E-state index contributed by atoms with van der Waals surface area (Å²) < 4.78 is 28.2. The lowest BCUT2D eigenvalue weighted by Crippen LogP contribution is -2.53. The minimum absolute atomic E-state index is 0.0291. The second kappa shape index (κ2) is 9.87. The molecule has 2 fully saturated rings. The van der Waals surface area contributed by atoms with Crippen molar-refractivity contribution in [2.24, 2.45) is 0 Å². The maximum absolute atomic E-state index is 13.0. The van der Waals surface area contributed by atoms with E-state index < -0.39 is 10.0 Å². The summed E-state index contributed by atoms with van der Waals surface area (Å²) in [4.78, 5) is 53.1. The number of hydrogen-bond acceptors (Lipinski definition) is 6. The molecule has 1 N–H and O–H groups in total. The highest BCUT2D eigenvalue weighted by atomic mass is 32.2. The van der Waals surface area contributed by atoms with E-state index in [4.69, 9.17) is 0 Å². The molecule has 0 unspecified atom stereocenters. The van der Waals surface area contributed by atoms with Gasteiger partial charge in [-0.1, -0.05) is 18.2 Å². The second-order valence-electron chi connectivity index (χ2n) is 8.55. The minimum Gasteiger partial charge on any atom is -0.338 e. The Morgan fingerprint density at radius 2 is 1.51 bits per heavy atom. The van der Waals surface area contributed by atoms with Crippen molar-refractivity contribution in [3.63, 3.8) is 0 Å². The maximum atomic E-state index is 13.0. The molecule has 0 saturated carbocycles. The van der Waals surface area contributed by atoms with Crippen LogP contribution >= 0.6 is 0 Å². The number of sulfonamides is 1. The third-order valence-electron chi connectivity index (χ3n) is 6.03. The van der Waals surface area contributed by atoms with Gasteiger partial charge in [-0.15, -0.1) is 0 Å². The van der Waals surface area contributed by atoms with Gasteiger partial charge in [-0.2, -0.15) is 0 Å². The lowest BCUT2D eigenvalue weighted by molar-refractivity contribution is -0.146. The second-order valence-corrected chi connectivity index (χ2v) is 10.2. The summed E-state index contributed by atoms with van der Waals surface area (Å²) in [5, 5.41) is 0. The normalized spacial score (nSPS) is 16.5. The topological polar surface area (TPSA) is 124 Å². The molecule has 2 heterocycles. The number of nitrogens with zero attached hydrogens (tertiary/aromatic N) is 3. The van der Waals surface area contributed by atoms with Gasteiger partial charge in [0, 0.05) is 50.3 Å². The number of carbonyl (C=O) groups excluding carboxylic acids is 4. The van der Waals surface area contributed by atoms with Gasteiger partial charge in [-0.3, -0.25) is 28.8 Å². The number of hydrogen-bond donors (Lipinski definition) is 1. The van der Waals surface area contributed by atoms with Gasteiger partial charge in [0.15, 0.2) is 0 Å². The molecule has 0 bridgehead atoms. The van der Waals surface area contributed by atoms with E-state index in [1.807, 2.05) is 13.0 Å². The summed E-state index contributed by atoms with van der Waals surface area (Å²) in [6.45, 7) is 2.60. The zero-order chi connectivity index (χ0) is 25.2. The molecular weight excluding hydrogens is 472 g/mol. The van der Waals surface area contributed by atoms with Gasteiger partial charge in [-0.05, 0) is 42.8 Å². The van der Waals surface area contributed by atoms with Crippen molar-refractivity contribution in [3.05, 3.63) is 59.7 Å². The average Bonchev–Trinajstić information content (AvgIpc) is 3.15. The van der Waals surface area contributed by atoms with E-state index in [0.29, 0.717) is 5.69 Å². The third-order valence-corrected chi connectivity index (χ3v) is 7.41. The van der Waals surface area contributed by atoms with Gasteiger partial charge in [-0.25, -0.2) is 8.42 Å². The van der Waals surface area contributed by atoms with Crippen molar-refractivity contribution in [1.82, 2.24) is 14.7 Å². The van der Waals surface area contributed by atoms with Crippen molar-refractivity contribution in [2.75, 3.05) is 37.4 Å². The molecule has 2 aliphatic heterocycles. The molecule has 2 aromatic rings. The lowest BCUT2D eigenvalue weighted by Gasteiger charge is -2.35. The molecule has 2 aromatic carbocycles. The summed E-state index contributed by atoms with van der Waals surface area (Å²) in [7, 11) is -3.89. The quantitative estimate of drug-likeness (QED) is 0.598. The van der Waals surface area contributed by atoms with Crippen LogP contribution < -0.4 is 4.72 Å². The minimum atomic E-state index is -3.89. The Balaban J connectivity index is 1.38. The molecule has 0 radical (unpaired) electrons. The Hall–Kier alpha value is -3.73. The fourth-order valence-corrected chi connectivity index (χ4v) is 5.19. The van der Waals surface area contributed by atoms with Crippen LogP contribution in [0.5, 0.6) is 0 Å². The van der Waals surface area contributed by atoms with E-state index in [1.54, 1.807) is 29.2 Å². The molecule has 0 spiro atoms. The number of piperazine rings is 1. The van der Waals surface area contributed by atoms with Crippen LogP contribution in [0.1, 0.15) is 28.8 Å². The maximum Gasteiger partial charge on any atom is 0.261 e. The standard InChI is InChI=1S/C24H26N4O6S/c1-17-4-2-6-19(14-17)25-35(33,34)20-7-3-5-18(15-20)24(32)27-12-10-26(11-13-27)23(31)16-28-21(29)8-9-22(28)30/h2-7,14-15,25H,8-13,16H2,1H3. The number of imide groups is 1. The van der Waals surface area contributed by atoms with Gasteiger partial charge in [0.25, 0.3) is 15.9 Å². The highest BCUT2D eigenvalue weighted by molar-refractivity contribution is 7.92. The van der Waals surface area contributed by atoms with Gasteiger partial charge in [0.05, 0.1) is 4.90 Å². The molecule has 11 heteroatoms. The first-order valence-corrected chi connectivity index (χ1v) is 12.7. The number of benzene rings is 2. The average molecular weight is 499 g/mol. The molecule has 10 nitrogen and oxygen atoms in total. The summed E-state index contributed by atoms with van der Waals surface area (Å²) in [5.41, 5.74) is 1.57. The van der Waals surface area contributed by atoms with Crippen LogP contribution in [0.25, 0.3) is 0 Å². The van der Waals surface area contributed by atoms with Crippen molar-refractivity contribution in [3.8, 4) is 0 Å². The molecular formula is C24H26N4O6S. The van der Waals surface area contributed by atoms with Gasteiger partial charge in [0.2, 0.25) is 17.7 Å². The predicted molar refractivity (Wildman–Crippen MR) is 127 cm³/mol. The summed E-state index contributed by atoms with van der Waals surface area (Å²) in [6, 6.07) is 12.8. The lowest BCUT2D eigenvalue weighted by atomic mass is 10.2. The number of amides is 4. The first-order chi connectivity index (χ1) is 16.6. The number of nitrogens with one attached hydrogen (secondary N) is 1. The Kier molecular flexibility index (Phi) is 6.88. The third kappa shape index (κ3) is 5.51. The van der Waals surface area contributed by atoms with Crippen LogP contribution in [0.2, 0.25) is 0 Å². The Labute approximate surface area is 203 Å². The highest BCUT2D eigenvalue weighted by Gasteiger charge is 2.33. The van der Waals surface area contributed by atoms with Crippen LogP contribution in [0.15, 0.2) is 53.4 Å². The fraction of sp³-hybridized carbons (Fsp3) is 0.333. The molecule has 2 saturated heterocycles. The zero-order valence-corrected chi connectivity index (χ0v) is 20.1. The highest BCUT2D eigenvalue weighted by Crippen LogP contribution is 2.19. The number of likely N-dealkylation sites (tertiary alicyclic amines) is 1. The van der Waals surface area contributed by atoms with Gasteiger partial charge < -0.3 is 9.80 Å². The van der Waals surface area contributed by atoms with Gasteiger partial charge >= 0.3 is 0 Å². The Morgan fingerprint density at radius 1 is 0.886 bits per heavy atom. The van der Waals surface area contributed by atoms with E-state index in [1.165, 1.54) is 23.1 Å². The monoisotopic (exact) mass is 498 g/mol. The smallest absolute Gasteiger partial charge is 0.261 e. The molecule has 0 aliphatic carbocycles. The predicted octanol–water partition coefficient (Wildman–Crippen LogP) is 1.23. The van der Waals surface area contributed by atoms with Crippen LogP contribution in [-0.4, -0.2) is 79.5 Å². The van der Waals surface area contributed by atoms with Crippen LogP contribution in [0, 0.1) is 6.92 Å². The van der Waals surface area contributed by atoms with E-state index in [-0.39, 0.29) is 79.7 Å². The molecule has 4 amide bonds. The van der Waals surface area contributed by atoms with Crippen molar-refractivity contribution in [1.29, 1.82) is 0 Å². The molecule has 4 rings (SSSR count). The van der Waals surface area contributed by atoms with Crippen LogP contribution in [0.4, 0.5) is 5.69 Å². The SMILES string of the molecule is Cc1cccc(NS(=O)(=O)c2cccc(C(=O)N3CCN(C(=O)CN4C(=O)CCC4=O)CC3)c2)c1. The first-order valence-electron chi connectivity index (χ1n) is 11.2. The van der Waals surface area contributed by atoms with E-state index >= 15 is 0 Å². The number of anilines is 1. The summed E-state index contributed by atoms with van der Waals surface area (Å²) in [5.74, 6) is -1.36. The Bertz CT molecular complexity index is 1270. The van der Waals surface area contributed by atoms with E-state index in [2.05, 4.69) is 4.72 Å². The first kappa shape index (κ1) is 24.4. The van der Waals surface area contributed by atoms with Crippen molar-refractivity contribution < 1.29 is 27.6 Å². The van der Waals surface area contributed by atoms with Crippen LogP contribution in [-0.2, 0) is 24.4 Å². The molecule has 0 aromatic heterocycles. The fourth-order valence-electron chi connectivity index (χ4n) is 4.09. The molecule has 0 atom stereocenters. The molecule has 184 valence electrons. The summed E-state index contributed by atoms with van der Waals surface area (Å²) in [6.07, 6.45) is 0.257. The van der Waals surface area contributed by atoms with Crippen molar-refractivity contribution >= 4 is 39.3 Å². The Morgan fingerprint density at radius 3 is 2.17 bits per heavy atom. The van der Waals surface area contributed by atoms with E-state index in [0.717, 1.165) is 10.5 Å². The number of carbonyl (C=O) groups is 4.